The molecule has 33 nitrogen and oxygen atoms in total. The molecule has 0 spiro atoms. The summed E-state index contributed by atoms with van der Waals surface area (Å²) in [4.78, 5) is 205. The second-order valence-electron chi connectivity index (χ2n) is 23.3. The molecule has 0 radical (unpaired) electrons. The van der Waals surface area contributed by atoms with Crippen LogP contribution < -0.4 is 58.9 Å². The lowest BCUT2D eigenvalue weighted by Gasteiger charge is -2.35. The SMILES string of the molecule is CCC(C)CC/C=C\C=C\C(=O)N[C@H](C(=O)N[C@@H]1C(=O)N[C@H](C(C)C)C(=O)N[C@@H](CCCCN)C(=O)N[C@@H](C(O)C(=O)O)C(=O)N[C@@H](CC(=O)O)C(=O)NCC(=O)N[C@H](C(C)C(=O)O)C(=O)N[C@@H](C(C)C)C(=O)N2C(O)[C@H](C)C[C@H]2C(=O)NC1C)C(C)C(=O)O. The summed E-state index contributed by atoms with van der Waals surface area (Å²) in [5.41, 5.74) is 5.69. The molecule has 2 aliphatic rings. The summed E-state index contributed by atoms with van der Waals surface area (Å²) in [5.74, 6) is -27.1. The van der Waals surface area contributed by atoms with Gasteiger partial charge in [0.1, 0.15) is 60.6 Å². The minimum atomic E-state index is -2.85. The fraction of sp³-hybridized carbons (Fsp3) is 0.667. The third-order valence-electron chi connectivity index (χ3n) is 15.3. The topological polar surface area (TPSA) is 527 Å². The molecule has 18 N–H and O–H groups in total. The van der Waals surface area contributed by atoms with Gasteiger partial charge in [-0.05, 0) is 83.6 Å². The number of aliphatic hydroxyl groups excluding tert-OH is 2. The lowest BCUT2D eigenvalue weighted by Crippen LogP contribution is -2.66. The van der Waals surface area contributed by atoms with Gasteiger partial charge in [0.25, 0.3) is 0 Å². The van der Waals surface area contributed by atoms with Crippen molar-refractivity contribution >= 4 is 88.9 Å². The van der Waals surface area contributed by atoms with E-state index in [1.54, 1.807) is 12.2 Å². The highest BCUT2D eigenvalue weighted by molar-refractivity contribution is 6.02. The van der Waals surface area contributed by atoms with E-state index in [-0.39, 0.29) is 32.2 Å². The van der Waals surface area contributed by atoms with Gasteiger partial charge in [-0.25, -0.2) is 4.79 Å². The fourth-order valence-electron chi connectivity index (χ4n) is 9.42. The zero-order valence-corrected chi connectivity index (χ0v) is 52.1. The van der Waals surface area contributed by atoms with E-state index in [1.807, 2.05) is 22.9 Å². The number of carbonyl (C=O) groups excluding carboxylic acids is 11. The number of aliphatic hydroxyl groups is 2. The quantitative estimate of drug-likeness (QED) is 0.0262. The molecule has 504 valence electrons. The first kappa shape index (κ1) is 77.5. The highest BCUT2D eigenvalue weighted by atomic mass is 16.4. The van der Waals surface area contributed by atoms with E-state index in [0.717, 1.165) is 32.8 Å². The van der Waals surface area contributed by atoms with Crippen molar-refractivity contribution in [3.63, 3.8) is 0 Å². The molecule has 33 heteroatoms. The molecule has 0 aromatic rings. The Morgan fingerprint density at radius 2 is 1.24 bits per heavy atom. The van der Waals surface area contributed by atoms with Crippen LogP contribution in [0.1, 0.15) is 121 Å². The number of carbonyl (C=O) groups is 15. The smallest absolute Gasteiger partial charge is 0.335 e. The number of nitrogens with zero attached hydrogens (tertiary/aromatic N) is 1. The summed E-state index contributed by atoms with van der Waals surface area (Å²) in [5, 5.41) is 84.4. The molecule has 0 aromatic carbocycles. The number of fused-ring (bicyclic) bond motifs is 1. The Labute approximate surface area is 520 Å². The van der Waals surface area contributed by atoms with Gasteiger partial charge in [-0.2, -0.15) is 0 Å². The van der Waals surface area contributed by atoms with Gasteiger partial charge in [0.2, 0.25) is 65.0 Å². The van der Waals surface area contributed by atoms with Crippen LogP contribution in [-0.2, 0) is 71.9 Å². The van der Waals surface area contributed by atoms with Gasteiger partial charge in [0.05, 0.1) is 30.8 Å². The van der Waals surface area contributed by atoms with E-state index in [2.05, 4.69) is 44.1 Å². The number of carboxylic acids is 4. The zero-order chi connectivity index (χ0) is 68.6. The Morgan fingerprint density at radius 1 is 0.667 bits per heavy atom. The van der Waals surface area contributed by atoms with Gasteiger partial charge >= 0.3 is 23.9 Å². The maximum Gasteiger partial charge on any atom is 0.335 e. The van der Waals surface area contributed by atoms with Crippen molar-refractivity contribution in [1.29, 1.82) is 0 Å². The molecule has 2 aliphatic heterocycles. The first-order valence-corrected chi connectivity index (χ1v) is 29.6. The van der Waals surface area contributed by atoms with Crippen molar-refractivity contribution in [2.75, 3.05) is 13.1 Å². The maximum atomic E-state index is 14.9. The van der Waals surface area contributed by atoms with Crippen molar-refractivity contribution in [2.45, 2.75) is 193 Å². The number of rotatable bonds is 23. The number of nitrogens with two attached hydrogens (primary N) is 1. The van der Waals surface area contributed by atoms with Crippen LogP contribution in [0.4, 0.5) is 0 Å². The molecule has 2 saturated heterocycles. The molecule has 90 heavy (non-hydrogen) atoms. The lowest BCUT2D eigenvalue weighted by molar-refractivity contribution is -0.153. The minimum Gasteiger partial charge on any atom is -0.481 e. The fourth-order valence-corrected chi connectivity index (χ4v) is 9.42. The van der Waals surface area contributed by atoms with Crippen molar-refractivity contribution < 1.29 is 103 Å². The van der Waals surface area contributed by atoms with Crippen molar-refractivity contribution in [2.24, 2.45) is 41.2 Å². The van der Waals surface area contributed by atoms with Crippen molar-refractivity contribution in [3.8, 4) is 0 Å². The first-order valence-electron chi connectivity index (χ1n) is 29.6. The second kappa shape index (κ2) is 36.8. The van der Waals surface area contributed by atoms with Crippen LogP contribution in [0.2, 0.25) is 0 Å². The van der Waals surface area contributed by atoms with E-state index in [0.29, 0.717) is 17.2 Å². The number of carboxylic acid groups (broad SMARTS) is 4. The summed E-state index contributed by atoms with van der Waals surface area (Å²) in [6.45, 7) is 13.4. The van der Waals surface area contributed by atoms with Gasteiger partial charge in [-0.1, -0.05) is 73.1 Å². The maximum absolute atomic E-state index is 14.9. The molecule has 16 atom stereocenters. The zero-order valence-electron chi connectivity index (χ0n) is 52.1. The predicted molar refractivity (Wildman–Crippen MR) is 316 cm³/mol. The van der Waals surface area contributed by atoms with Gasteiger partial charge in [0, 0.05) is 12.0 Å². The number of allylic oxidation sites excluding steroid dienone is 3. The number of unbranched alkanes of at least 4 members (excludes halogenated alkanes) is 1. The van der Waals surface area contributed by atoms with Crippen molar-refractivity contribution in [1.82, 2.24) is 58.1 Å². The summed E-state index contributed by atoms with van der Waals surface area (Å²) in [7, 11) is 0. The summed E-state index contributed by atoms with van der Waals surface area (Å²) in [6.07, 6.45) is 1.93. The van der Waals surface area contributed by atoms with Crippen LogP contribution in [-0.4, -0.2) is 210 Å². The molecule has 11 amide bonds. The number of amides is 11. The van der Waals surface area contributed by atoms with Crippen LogP contribution in [0.15, 0.2) is 24.3 Å². The monoisotopic (exact) mass is 1280 g/mol. The molecule has 2 heterocycles. The van der Waals surface area contributed by atoms with E-state index in [4.69, 9.17) is 5.73 Å². The van der Waals surface area contributed by atoms with E-state index in [1.165, 1.54) is 47.6 Å². The van der Waals surface area contributed by atoms with Crippen LogP contribution >= 0.6 is 0 Å². The third-order valence-corrected chi connectivity index (χ3v) is 15.3. The van der Waals surface area contributed by atoms with Crippen molar-refractivity contribution in [3.05, 3.63) is 24.3 Å². The second-order valence-corrected chi connectivity index (χ2v) is 23.3. The van der Waals surface area contributed by atoms with Crippen LogP contribution in [0.5, 0.6) is 0 Å². The van der Waals surface area contributed by atoms with Gasteiger partial charge in [-0.15, -0.1) is 0 Å². The largest absolute Gasteiger partial charge is 0.481 e. The third kappa shape index (κ3) is 23.4. The van der Waals surface area contributed by atoms with E-state index in [9.17, 15) is 103 Å². The Bertz CT molecular complexity index is 2690. The average molecular weight is 1280 g/mol. The highest BCUT2D eigenvalue weighted by Gasteiger charge is 2.49. The lowest BCUT2D eigenvalue weighted by atomic mass is 9.97. The summed E-state index contributed by atoms with van der Waals surface area (Å²) < 4.78 is 0. The molecule has 0 aromatic heterocycles. The standard InChI is InChI=1S/C57H90N12O21/c1-11-27(6)18-14-12-13-15-20-35(70)63-40(29(8)55(85)86)50(80)67-42-31(10)60-47(77)34-22-28(7)53(83)69(34)54(84)39(26(4)5)66-49(79)41(30(9)56(87)88)64-36(71)24-59-45(75)33(23-37(72)73)62-52(82)43(44(74)57(89)90)68-46(76)32(19-16-17-21-58)61-48(78)38(25(2)3)65-51(42)81/h12-13,15,20,25-34,38-44,53,74,83H,11,14,16-19,21-24,58H2,1-10H3,(H,59,75)(H,60,77)(H,61,78)(H,62,82)(H,63,70)(H,64,71)(H,65,81)(H,66,79)(H,67,80)(H,68,76)(H,72,73)(H,85,86)(H,87,88)(H,89,90)/b13-12-,20-15+/t27?,28-,29?,30?,31?,32+,33+,34+,38-,39+,40+,41-,42+,43+,44?,53?/m1/s1. The molecular weight excluding hydrogens is 1190 g/mol. The summed E-state index contributed by atoms with van der Waals surface area (Å²) in [6, 6.07) is -19.4. The molecule has 0 aliphatic carbocycles. The Kier molecular flexibility index (Phi) is 31.7. The van der Waals surface area contributed by atoms with Crippen LogP contribution in [0, 0.1) is 35.5 Å². The highest BCUT2D eigenvalue weighted by Crippen LogP contribution is 2.30. The first-order chi connectivity index (χ1) is 42.0. The van der Waals surface area contributed by atoms with E-state index >= 15 is 0 Å². The normalized spacial score (nSPS) is 26.8. The number of hydrogen-bond donors (Lipinski definition) is 17. The molecule has 2 fully saturated rings. The van der Waals surface area contributed by atoms with Crippen LogP contribution in [0.25, 0.3) is 0 Å². The predicted octanol–water partition coefficient (Wildman–Crippen LogP) is -4.20. The number of aliphatic carboxylic acids is 4. The Balaban J connectivity index is 2.99. The molecule has 6 unspecified atom stereocenters. The molecule has 0 bridgehead atoms. The number of nitrogens with one attached hydrogen (secondary N) is 10. The van der Waals surface area contributed by atoms with E-state index < -0.39 is 204 Å². The Hall–Kier alpha value is -8.59. The van der Waals surface area contributed by atoms with Crippen LogP contribution in [0.3, 0.4) is 0 Å². The van der Waals surface area contributed by atoms with Gasteiger partial charge < -0.3 is 94.4 Å². The average Bonchev–Trinajstić information content (AvgIpc) is 1.66. The molecular formula is C57H90N12O21. The molecule has 0 saturated carbocycles. The van der Waals surface area contributed by atoms with Gasteiger partial charge in [0.15, 0.2) is 6.10 Å². The minimum absolute atomic E-state index is 0.0409. The van der Waals surface area contributed by atoms with Gasteiger partial charge in [-0.3, -0.25) is 67.1 Å². The Morgan fingerprint density at radius 3 is 1.80 bits per heavy atom. The molecule has 2 rings (SSSR count). The summed E-state index contributed by atoms with van der Waals surface area (Å²) >= 11 is 0. The number of hydrogen-bond acceptors (Lipinski definition) is 18.